The Kier molecular flexibility index (Phi) is 3.49. The first-order valence-corrected chi connectivity index (χ1v) is 7.15. The summed E-state index contributed by atoms with van der Waals surface area (Å²) in [6.45, 7) is 4.32. The molecular formula is C16H20N2O2. The highest BCUT2D eigenvalue weighted by molar-refractivity contribution is 5.91. The van der Waals surface area contributed by atoms with Crippen LogP contribution in [0, 0.1) is 0 Å². The average Bonchev–Trinajstić information content (AvgIpc) is 2.63. The number of allylic oxidation sites excluding steroid dienone is 1. The Morgan fingerprint density at radius 3 is 3.10 bits per heavy atom. The average molecular weight is 272 g/mol. The van der Waals surface area contributed by atoms with Crippen LogP contribution in [-0.2, 0) is 22.5 Å². The molecule has 1 aliphatic heterocycles. The number of hydrogen-bond donors (Lipinski definition) is 1. The smallest absolute Gasteiger partial charge is 0.334 e. The van der Waals surface area contributed by atoms with E-state index in [4.69, 9.17) is 4.74 Å². The number of aromatic nitrogens is 1. The van der Waals surface area contributed by atoms with Gasteiger partial charge in [0.25, 0.3) is 0 Å². The van der Waals surface area contributed by atoms with Crippen LogP contribution in [0.1, 0.15) is 24.6 Å². The largest absolute Gasteiger partial charge is 0.463 e. The first-order valence-electron chi connectivity index (χ1n) is 7.15. The number of esters is 1. The third-order valence-electron chi connectivity index (χ3n) is 3.95. The van der Waals surface area contributed by atoms with E-state index in [1.165, 1.54) is 16.5 Å². The van der Waals surface area contributed by atoms with Gasteiger partial charge in [-0.2, -0.15) is 0 Å². The standard InChI is InChI=1S/C16H20N2O2/c1-3-20-16(19)11-4-6-12-13-10-18(2)9-8-15(13)17-14(12)7-5-11/h5-7,17H,3-4,8-10H2,1-2H3. The van der Waals surface area contributed by atoms with Crippen LogP contribution in [0.15, 0.2) is 11.6 Å². The molecule has 3 rings (SSSR count). The molecule has 0 amide bonds. The Morgan fingerprint density at radius 1 is 1.45 bits per heavy atom. The van der Waals surface area contributed by atoms with Crippen LogP contribution >= 0.6 is 0 Å². The van der Waals surface area contributed by atoms with Gasteiger partial charge in [-0.05, 0) is 38.1 Å². The number of fused-ring (bicyclic) bond motifs is 3. The second kappa shape index (κ2) is 5.29. The third kappa shape index (κ3) is 2.31. The monoisotopic (exact) mass is 272 g/mol. The summed E-state index contributed by atoms with van der Waals surface area (Å²) in [6, 6.07) is 0. The molecule has 1 aromatic rings. The van der Waals surface area contributed by atoms with E-state index in [-0.39, 0.29) is 5.97 Å². The fourth-order valence-corrected chi connectivity index (χ4v) is 2.88. The van der Waals surface area contributed by atoms with Gasteiger partial charge in [0.2, 0.25) is 0 Å². The van der Waals surface area contributed by atoms with Crippen molar-refractivity contribution in [2.45, 2.75) is 26.3 Å². The van der Waals surface area contributed by atoms with Crippen molar-refractivity contribution >= 4 is 18.1 Å². The van der Waals surface area contributed by atoms with Gasteiger partial charge in [0, 0.05) is 41.3 Å². The summed E-state index contributed by atoms with van der Waals surface area (Å²) < 4.78 is 5.08. The van der Waals surface area contributed by atoms with E-state index in [2.05, 4.69) is 23.0 Å². The SMILES string of the molecule is CCOC(=O)C1=CC=c2[nH]c3c(c2=CC1)CN(C)CC3. The quantitative estimate of drug-likeness (QED) is 0.796. The molecule has 0 atom stereocenters. The number of hydrogen-bond acceptors (Lipinski definition) is 3. The summed E-state index contributed by atoms with van der Waals surface area (Å²) in [5.74, 6) is -0.212. The molecule has 106 valence electrons. The highest BCUT2D eigenvalue weighted by atomic mass is 16.5. The fraction of sp³-hybridized carbons (Fsp3) is 0.438. The summed E-state index contributed by atoms with van der Waals surface area (Å²) in [7, 11) is 2.14. The first kappa shape index (κ1) is 13.2. The minimum Gasteiger partial charge on any atom is -0.463 e. The second-order valence-electron chi connectivity index (χ2n) is 5.38. The van der Waals surface area contributed by atoms with Gasteiger partial charge < -0.3 is 14.6 Å². The summed E-state index contributed by atoms with van der Waals surface area (Å²) in [5, 5.41) is 2.37. The van der Waals surface area contributed by atoms with E-state index in [1.807, 2.05) is 19.1 Å². The van der Waals surface area contributed by atoms with Crippen LogP contribution in [-0.4, -0.2) is 36.1 Å². The highest BCUT2D eigenvalue weighted by Gasteiger charge is 2.18. The maximum atomic E-state index is 11.8. The maximum Gasteiger partial charge on any atom is 0.334 e. The van der Waals surface area contributed by atoms with E-state index in [9.17, 15) is 4.79 Å². The van der Waals surface area contributed by atoms with Crippen LogP contribution in [0.4, 0.5) is 0 Å². The van der Waals surface area contributed by atoms with Crippen molar-refractivity contribution in [3.05, 3.63) is 33.5 Å². The maximum absolute atomic E-state index is 11.8. The number of H-pyrrole nitrogens is 1. The zero-order valence-corrected chi connectivity index (χ0v) is 12.0. The number of likely N-dealkylation sites (N-methyl/N-ethyl adjacent to an activating group) is 1. The van der Waals surface area contributed by atoms with Crippen molar-refractivity contribution in [1.82, 2.24) is 9.88 Å². The van der Waals surface area contributed by atoms with Crippen molar-refractivity contribution in [2.75, 3.05) is 20.2 Å². The van der Waals surface area contributed by atoms with Gasteiger partial charge in [0.1, 0.15) is 0 Å². The Bertz CT molecular complexity index is 682. The molecule has 20 heavy (non-hydrogen) atoms. The molecule has 0 spiro atoms. The molecule has 1 N–H and O–H groups in total. The van der Waals surface area contributed by atoms with E-state index >= 15 is 0 Å². The molecule has 4 nitrogen and oxygen atoms in total. The van der Waals surface area contributed by atoms with Crippen molar-refractivity contribution < 1.29 is 9.53 Å². The second-order valence-corrected chi connectivity index (χ2v) is 5.38. The van der Waals surface area contributed by atoms with E-state index in [0.29, 0.717) is 13.0 Å². The van der Waals surface area contributed by atoms with Crippen molar-refractivity contribution in [3.63, 3.8) is 0 Å². The number of ether oxygens (including phenoxy) is 1. The Morgan fingerprint density at radius 2 is 2.30 bits per heavy atom. The molecule has 0 aromatic carbocycles. The Balaban J connectivity index is 1.99. The van der Waals surface area contributed by atoms with Crippen LogP contribution in [0.25, 0.3) is 12.2 Å². The molecule has 0 saturated heterocycles. The number of carbonyl (C=O) groups excluding carboxylic acids is 1. The van der Waals surface area contributed by atoms with Gasteiger partial charge in [-0.3, -0.25) is 0 Å². The lowest BCUT2D eigenvalue weighted by atomic mass is 10.1. The lowest BCUT2D eigenvalue weighted by molar-refractivity contribution is -0.138. The molecule has 0 fully saturated rings. The van der Waals surface area contributed by atoms with E-state index in [0.717, 1.165) is 30.4 Å². The number of carbonyl (C=O) groups is 1. The zero-order valence-electron chi connectivity index (χ0n) is 12.0. The van der Waals surface area contributed by atoms with Crippen LogP contribution in [0.5, 0.6) is 0 Å². The molecule has 1 aromatic heterocycles. The first-order chi connectivity index (χ1) is 9.69. The molecule has 0 unspecified atom stereocenters. The molecular weight excluding hydrogens is 252 g/mol. The van der Waals surface area contributed by atoms with Crippen molar-refractivity contribution in [3.8, 4) is 0 Å². The molecule has 2 aliphatic rings. The van der Waals surface area contributed by atoms with Gasteiger partial charge in [-0.25, -0.2) is 4.79 Å². The summed E-state index contributed by atoms with van der Waals surface area (Å²) in [5.41, 5.74) is 3.44. The lowest BCUT2D eigenvalue weighted by Gasteiger charge is -2.22. The zero-order chi connectivity index (χ0) is 14.1. The predicted molar refractivity (Wildman–Crippen MR) is 78.3 cm³/mol. The molecule has 0 radical (unpaired) electrons. The number of nitrogens with zero attached hydrogens (tertiary/aromatic N) is 1. The molecule has 2 heterocycles. The summed E-state index contributed by atoms with van der Waals surface area (Å²) >= 11 is 0. The summed E-state index contributed by atoms with van der Waals surface area (Å²) in [6.07, 6.45) is 7.73. The Hall–Kier alpha value is -1.81. The third-order valence-corrected chi connectivity index (χ3v) is 3.95. The topological polar surface area (TPSA) is 45.3 Å². The van der Waals surface area contributed by atoms with Crippen molar-refractivity contribution in [2.24, 2.45) is 0 Å². The van der Waals surface area contributed by atoms with Crippen LogP contribution in [0.3, 0.4) is 0 Å². The minimum absolute atomic E-state index is 0.212. The van der Waals surface area contributed by atoms with Crippen molar-refractivity contribution in [1.29, 1.82) is 0 Å². The normalized spacial score (nSPS) is 18.0. The van der Waals surface area contributed by atoms with E-state index < -0.39 is 0 Å². The molecule has 0 bridgehead atoms. The van der Waals surface area contributed by atoms with Gasteiger partial charge in [0.15, 0.2) is 0 Å². The van der Waals surface area contributed by atoms with Gasteiger partial charge >= 0.3 is 5.97 Å². The number of rotatable bonds is 2. The van der Waals surface area contributed by atoms with E-state index in [1.54, 1.807) is 0 Å². The molecule has 1 aliphatic carbocycles. The lowest BCUT2D eigenvalue weighted by Crippen LogP contribution is -2.31. The Labute approximate surface area is 118 Å². The number of aromatic amines is 1. The van der Waals surface area contributed by atoms with Crippen LogP contribution in [0.2, 0.25) is 0 Å². The predicted octanol–water partition coefficient (Wildman–Crippen LogP) is 0.457. The van der Waals surface area contributed by atoms with Crippen LogP contribution < -0.4 is 10.6 Å². The highest BCUT2D eigenvalue weighted by Crippen LogP contribution is 2.13. The number of nitrogens with one attached hydrogen (secondary N) is 1. The van der Waals surface area contributed by atoms with Gasteiger partial charge in [-0.1, -0.05) is 6.08 Å². The molecule has 4 heteroatoms. The van der Waals surface area contributed by atoms with Gasteiger partial charge in [0.05, 0.1) is 6.61 Å². The molecule has 0 saturated carbocycles. The van der Waals surface area contributed by atoms with Gasteiger partial charge in [-0.15, -0.1) is 0 Å². The fourth-order valence-electron chi connectivity index (χ4n) is 2.88. The summed E-state index contributed by atoms with van der Waals surface area (Å²) in [4.78, 5) is 17.6. The minimum atomic E-state index is -0.212.